The van der Waals surface area contributed by atoms with Crippen LogP contribution in [0.3, 0.4) is 0 Å². The van der Waals surface area contributed by atoms with Crippen molar-refractivity contribution >= 4 is 5.91 Å². The highest BCUT2D eigenvalue weighted by Crippen LogP contribution is 2.24. The summed E-state index contributed by atoms with van der Waals surface area (Å²) >= 11 is 0. The highest BCUT2D eigenvalue weighted by atomic mass is 16.2. The van der Waals surface area contributed by atoms with Crippen LogP contribution < -0.4 is 5.32 Å². The maximum absolute atomic E-state index is 12.4. The van der Waals surface area contributed by atoms with Crippen LogP contribution in [0, 0.1) is 5.92 Å². The van der Waals surface area contributed by atoms with Crippen molar-refractivity contribution in [2.45, 2.75) is 70.9 Å². The van der Waals surface area contributed by atoms with E-state index in [4.69, 9.17) is 0 Å². The smallest absolute Gasteiger partial charge is 0.224 e. The third-order valence-electron chi connectivity index (χ3n) is 4.27. The number of hydrogen-bond donors (Lipinski definition) is 1. The van der Waals surface area contributed by atoms with Crippen molar-refractivity contribution in [3.05, 3.63) is 0 Å². The standard InChI is InChI=1S/C15H28N2O/c1-12(2)10-14-7-3-4-9-17(14)15(18)11-13-6-5-8-16-13/h12-14,16H,3-11H2,1-2H3. The van der Waals surface area contributed by atoms with Crippen LogP contribution in [0.5, 0.6) is 0 Å². The van der Waals surface area contributed by atoms with Crippen LogP contribution in [0.1, 0.15) is 58.8 Å². The molecule has 3 nitrogen and oxygen atoms in total. The lowest BCUT2D eigenvalue weighted by Gasteiger charge is -2.37. The number of rotatable bonds is 4. The van der Waals surface area contributed by atoms with Gasteiger partial charge >= 0.3 is 0 Å². The molecule has 0 radical (unpaired) electrons. The summed E-state index contributed by atoms with van der Waals surface area (Å²) in [5, 5.41) is 3.43. The van der Waals surface area contributed by atoms with Crippen molar-refractivity contribution in [3.8, 4) is 0 Å². The van der Waals surface area contributed by atoms with E-state index in [9.17, 15) is 4.79 Å². The van der Waals surface area contributed by atoms with Gasteiger partial charge in [-0.3, -0.25) is 4.79 Å². The molecule has 0 aromatic rings. The van der Waals surface area contributed by atoms with Crippen molar-refractivity contribution in [1.29, 1.82) is 0 Å². The minimum Gasteiger partial charge on any atom is -0.340 e. The Hall–Kier alpha value is -0.570. The first-order valence-electron chi connectivity index (χ1n) is 7.69. The number of likely N-dealkylation sites (tertiary alicyclic amines) is 1. The second-order valence-electron chi connectivity index (χ2n) is 6.36. The van der Waals surface area contributed by atoms with Crippen molar-refractivity contribution in [1.82, 2.24) is 10.2 Å². The van der Waals surface area contributed by atoms with Gasteiger partial charge in [-0.2, -0.15) is 0 Å². The third kappa shape index (κ3) is 3.71. The Labute approximate surface area is 111 Å². The fraction of sp³-hybridized carbons (Fsp3) is 0.933. The van der Waals surface area contributed by atoms with E-state index in [1.54, 1.807) is 0 Å². The average molecular weight is 252 g/mol. The van der Waals surface area contributed by atoms with Gasteiger partial charge in [0.05, 0.1) is 0 Å². The van der Waals surface area contributed by atoms with E-state index in [0.29, 0.717) is 30.3 Å². The van der Waals surface area contributed by atoms with Gasteiger partial charge in [0.25, 0.3) is 0 Å². The van der Waals surface area contributed by atoms with Crippen LogP contribution in [0.15, 0.2) is 0 Å². The quantitative estimate of drug-likeness (QED) is 0.834. The Morgan fingerprint density at radius 1 is 1.28 bits per heavy atom. The lowest BCUT2D eigenvalue weighted by molar-refractivity contribution is -0.135. The van der Waals surface area contributed by atoms with E-state index in [1.807, 2.05) is 0 Å². The molecule has 0 bridgehead atoms. The van der Waals surface area contributed by atoms with Crippen LogP contribution in [-0.2, 0) is 4.79 Å². The summed E-state index contributed by atoms with van der Waals surface area (Å²) in [5.74, 6) is 1.08. The van der Waals surface area contributed by atoms with Gasteiger partial charge in [-0.1, -0.05) is 13.8 Å². The van der Waals surface area contributed by atoms with E-state index < -0.39 is 0 Å². The molecular weight excluding hydrogens is 224 g/mol. The van der Waals surface area contributed by atoms with Crippen molar-refractivity contribution in [2.75, 3.05) is 13.1 Å². The summed E-state index contributed by atoms with van der Waals surface area (Å²) in [4.78, 5) is 14.6. The highest BCUT2D eigenvalue weighted by Gasteiger charge is 2.29. The summed E-state index contributed by atoms with van der Waals surface area (Å²) in [6.45, 7) is 6.60. The second kappa shape index (κ2) is 6.55. The first-order valence-corrected chi connectivity index (χ1v) is 7.69. The molecule has 104 valence electrons. The summed E-state index contributed by atoms with van der Waals surface area (Å²) in [5.41, 5.74) is 0. The van der Waals surface area contributed by atoms with Gasteiger partial charge in [0.15, 0.2) is 0 Å². The molecule has 18 heavy (non-hydrogen) atoms. The van der Waals surface area contributed by atoms with Gasteiger partial charge in [-0.05, 0) is 51.0 Å². The van der Waals surface area contributed by atoms with E-state index in [-0.39, 0.29) is 0 Å². The average Bonchev–Trinajstić information content (AvgIpc) is 2.81. The molecule has 2 aliphatic heterocycles. The molecule has 1 amide bonds. The molecule has 0 aliphatic carbocycles. The number of hydrogen-bond acceptors (Lipinski definition) is 2. The third-order valence-corrected chi connectivity index (χ3v) is 4.27. The molecule has 2 heterocycles. The Bertz CT molecular complexity index is 272. The predicted molar refractivity (Wildman–Crippen MR) is 74.4 cm³/mol. The zero-order chi connectivity index (χ0) is 13.0. The largest absolute Gasteiger partial charge is 0.340 e. The summed E-state index contributed by atoms with van der Waals surface area (Å²) in [7, 11) is 0. The first kappa shape index (κ1) is 13.9. The molecule has 2 unspecified atom stereocenters. The number of piperidine rings is 1. The molecule has 0 aromatic carbocycles. The lowest BCUT2D eigenvalue weighted by atomic mass is 9.93. The summed E-state index contributed by atoms with van der Waals surface area (Å²) in [6, 6.07) is 0.951. The van der Waals surface area contributed by atoms with Crippen LogP contribution in [0.4, 0.5) is 0 Å². The van der Waals surface area contributed by atoms with Crippen molar-refractivity contribution in [3.63, 3.8) is 0 Å². The van der Waals surface area contributed by atoms with Gasteiger partial charge in [0.1, 0.15) is 0 Å². The Morgan fingerprint density at radius 2 is 2.11 bits per heavy atom. The lowest BCUT2D eigenvalue weighted by Crippen LogP contribution is -2.46. The van der Waals surface area contributed by atoms with E-state index >= 15 is 0 Å². The number of amides is 1. The number of nitrogens with one attached hydrogen (secondary N) is 1. The molecule has 0 spiro atoms. The van der Waals surface area contributed by atoms with Crippen LogP contribution in [-0.4, -0.2) is 36.0 Å². The summed E-state index contributed by atoms with van der Waals surface area (Å²) < 4.78 is 0. The van der Waals surface area contributed by atoms with Gasteiger partial charge in [0, 0.05) is 25.0 Å². The van der Waals surface area contributed by atoms with Crippen LogP contribution in [0.2, 0.25) is 0 Å². The summed E-state index contributed by atoms with van der Waals surface area (Å²) in [6.07, 6.45) is 7.99. The topological polar surface area (TPSA) is 32.3 Å². The zero-order valence-corrected chi connectivity index (χ0v) is 12.0. The highest BCUT2D eigenvalue weighted by molar-refractivity contribution is 5.77. The Kier molecular flexibility index (Phi) is 5.04. The van der Waals surface area contributed by atoms with Crippen LogP contribution >= 0.6 is 0 Å². The maximum Gasteiger partial charge on any atom is 0.224 e. The van der Waals surface area contributed by atoms with Gasteiger partial charge in [0.2, 0.25) is 5.91 Å². The molecule has 2 fully saturated rings. The molecule has 2 aliphatic rings. The van der Waals surface area contributed by atoms with E-state index in [2.05, 4.69) is 24.1 Å². The molecule has 2 saturated heterocycles. The molecule has 0 aromatic heterocycles. The van der Waals surface area contributed by atoms with Gasteiger partial charge < -0.3 is 10.2 Å². The fourth-order valence-electron chi connectivity index (χ4n) is 3.38. The minimum atomic E-state index is 0.389. The number of carbonyl (C=O) groups excluding carboxylic acids is 1. The molecule has 2 rings (SSSR count). The Morgan fingerprint density at radius 3 is 2.78 bits per heavy atom. The molecular formula is C15H28N2O. The SMILES string of the molecule is CC(C)CC1CCCCN1C(=O)CC1CCCN1. The molecule has 2 atom stereocenters. The minimum absolute atomic E-state index is 0.389. The van der Waals surface area contributed by atoms with Crippen molar-refractivity contribution in [2.24, 2.45) is 5.92 Å². The van der Waals surface area contributed by atoms with Crippen molar-refractivity contribution < 1.29 is 4.79 Å². The second-order valence-corrected chi connectivity index (χ2v) is 6.36. The molecule has 1 N–H and O–H groups in total. The normalized spacial score (nSPS) is 28.9. The van der Waals surface area contributed by atoms with E-state index in [1.165, 1.54) is 38.5 Å². The molecule has 3 heteroatoms. The van der Waals surface area contributed by atoms with Crippen LogP contribution in [0.25, 0.3) is 0 Å². The van der Waals surface area contributed by atoms with Gasteiger partial charge in [-0.15, -0.1) is 0 Å². The number of carbonyl (C=O) groups is 1. The fourth-order valence-corrected chi connectivity index (χ4v) is 3.38. The Balaban J connectivity index is 1.88. The number of nitrogens with zero attached hydrogens (tertiary/aromatic N) is 1. The first-order chi connectivity index (χ1) is 8.66. The van der Waals surface area contributed by atoms with Gasteiger partial charge in [-0.25, -0.2) is 0 Å². The maximum atomic E-state index is 12.4. The van der Waals surface area contributed by atoms with E-state index in [0.717, 1.165) is 13.1 Å². The molecule has 0 saturated carbocycles. The predicted octanol–water partition coefficient (Wildman–Crippen LogP) is 2.56. The zero-order valence-electron chi connectivity index (χ0n) is 12.0. The monoisotopic (exact) mass is 252 g/mol.